The summed E-state index contributed by atoms with van der Waals surface area (Å²) in [5.41, 5.74) is 1.92. The molecule has 2 rings (SSSR count). The van der Waals surface area contributed by atoms with Gasteiger partial charge in [0.2, 0.25) is 5.91 Å². The van der Waals surface area contributed by atoms with Gasteiger partial charge in [-0.2, -0.15) is 0 Å². The third-order valence-corrected chi connectivity index (χ3v) is 3.76. The maximum Gasteiger partial charge on any atom is 0.237 e. The lowest BCUT2D eigenvalue weighted by molar-refractivity contribution is -0.115. The van der Waals surface area contributed by atoms with Gasteiger partial charge in [0.05, 0.1) is 10.3 Å². The van der Waals surface area contributed by atoms with Crippen LogP contribution in [0.3, 0.4) is 0 Å². The molecule has 0 fully saturated rings. The first-order chi connectivity index (χ1) is 9.16. The Labute approximate surface area is 117 Å². The number of benzene rings is 1. The maximum atomic E-state index is 12.1. The second kappa shape index (κ2) is 6.38. The summed E-state index contributed by atoms with van der Waals surface area (Å²) >= 11 is 1.45. The minimum absolute atomic E-state index is 0.00930. The number of aryl methyl sites for hydroxylation is 1. The molecule has 2 aromatic rings. The summed E-state index contributed by atoms with van der Waals surface area (Å²) in [4.78, 5) is 16.3. The summed E-state index contributed by atoms with van der Waals surface area (Å²) in [6.07, 6.45) is 1.73. The van der Waals surface area contributed by atoms with E-state index in [9.17, 15) is 4.79 Å². The molecule has 3 nitrogen and oxygen atoms in total. The molecule has 0 bridgehead atoms. The second-order valence-electron chi connectivity index (χ2n) is 4.23. The van der Waals surface area contributed by atoms with Crippen molar-refractivity contribution in [3.05, 3.63) is 54.2 Å². The predicted molar refractivity (Wildman–Crippen MR) is 79.4 cm³/mol. The summed E-state index contributed by atoms with van der Waals surface area (Å²) < 4.78 is 0. The van der Waals surface area contributed by atoms with Crippen molar-refractivity contribution in [2.24, 2.45) is 0 Å². The number of thioether (sulfide) groups is 1. The van der Waals surface area contributed by atoms with E-state index in [2.05, 4.69) is 10.3 Å². The maximum absolute atomic E-state index is 12.1. The Morgan fingerprint density at radius 3 is 2.63 bits per heavy atom. The van der Waals surface area contributed by atoms with Crippen molar-refractivity contribution >= 4 is 23.4 Å². The molecule has 1 amide bonds. The zero-order valence-corrected chi connectivity index (χ0v) is 11.8. The van der Waals surface area contributed by atoms with E-state index in [0.717, 1.165) is 16.3 Å². The first kappa shape index (κ1) is 13.6. The van der Waals surface area contributed by atoms with E-state index in [1.54, 1.807) is 6.20 Å². The quantitative estimate of drug-likeness (QED) is 0.866. The molecule has 4 heteroatoms. The zero-order valence-electron chi connectivity index (χ0n) is 11.0. The zero-order chi connectivity index (χ0) is 13.7. The molecule has 0 radical (unpaired) electrons. The van der Waals surface area contributed by atoms with Crippen LogP contribution in [0.2, 0.25) is 0 Å². The number of para-hydroxylation sites is 1. The third kappa shape index (κ3) is 3.83. The first-order valence-electron chi connectivity index (χ1n) is 6.11. The fourth-order valence-corrected chi connectivity index (χ4v) is 2.41. The van der Waals surface area contributed by atoms with Crippen LogP contribution in [0, 0.1) is 6.92 Å². The Bertz CT molecular complexity index is 557. The SMILES string of the molecule is Cc1ccccc1NC(=O)C(C)Sc1ccccn1. The van der Waals surface area contributed by atoms with E-state index in [4.69, 9.17) is 0 Å². The Kier molecular flexibility index (Phi) is 4.58. The molecule has 0 spiro atoms. The fourth-order valence-electron chi connectivity index (χ4n) is 1.60. The molecule has 1 heterocycles. The molecular formula is C15H16N2OS. The van der Waals surface area contributed by atoms with Crippen molar-refractivity contribution in [3.63, 3.8) is 0 Å². The van der Waals surface area contributed by atoms with Gasteiger partial charge in [-0.05, 0) is 37.6 Å². The van der Waals surface area contributed by atoms with E-state index in [1.807, 2.05) is 56.3 Å². The number of pyridine rings is 1. The van der Waals surface area contributed by atoms with Crippen molar-refractivity contribution in [1.82, 2.24) is 4.98 Å². The molecule has 1 aromatic carbocycles. The molecular weight excluding hydrogens is 256 g/mol. The van der Waals surface area contributed by atoms with Crippen LogP contribution in [0.1, 0.15) is 12.5 Å². The number of carbonyl (C=O) groups is 1. The number of rotatable bonds is 4. The highest BCUT2D eigenvalue weighted by Gasteiger charge is 2.15. The van der Waals surface area contributed by atoms with Gasteiger partial charge in [-0.1, -0.05) is 36.0 Å². The van der Waals surface area contributed by atoms with Crippen LogP contribution in [0.5, 0.6) is 0 Å². The Hall–Kier alpha value is -1.81. The number of aromatic nitrogens is 1. The molecule has 0 aliphatic carbocycles. The van der Waals surface area contributed by atoms with E-state index < -0.39 is 0 Å². The van der Waals surface area contributed by atoms with Gasteiger partial charge in [0.15, 0.2) is 0 Å². The van der Waals surface area contributed by atoms with E-state index in [0.29, 0.717) is 0 Å². The number of nitrogens with one attached hydrogen (secondary N) is 1. The van der Waals surface area contributed by atoms with Gasteiger partial charge >= 0.3 is 0 Å². The van der Waals surface area contributed by atoms with E-state index in [-0.39, 0.29) is 11.2 Å². The van der Waals surface area contributed by atoms with Crippen LogP contribution < -0.4 is 5.32 Å². The topological polar surface area (TPSA) is 42.0 Å². The molecule has 0 saturated carbocycles. The van der Waals surface area contributed by atoms with Crippen molar-refractivity contribution in [1.29, 1.82) is 0 Å². The van der Waals surface area contributed by atoms with Gasteiger partial charge in [-0.3, -0.25) is 4.79 Å². The van der Waals surface area contributed by atoms with Crippen molar-refractivity contribution in [3.8, 4) is 0 Å². The average molecular weight is 272 g/mol. The minimum atomic E-state index is -0.186. The van der Waals surface area contributed by atoms with Crippen LogP contribution in [-0.2, 0) is 4.79 Å². The fraction of sp³-hybridized carbons (Fsp3) is 0.200. The number of nitrogens with zero attached hydrogens (tertiary/aromatic N) is 1. The lowest BCUT2D eigenvalue weighted by Gasteiger charge is -2.12. The highest BCUT2D eigenvalue weighted by atomic mass is 32.2. The summed E-state index contributed by atoms with van der Waals surface area (Å²) in [5, 5.41) is 3.61. The van der Waals surface area contributed by atoms with E-state index in [1.165, 1.54) is 11.8 Å². The number of anilines is 1. The van der Waals surface area contributed by atoms with Crippen LogP contribution in [-0.4, -0.2) is 16.1 Å². The number of hydrogen-bond acceptors (Lipinski definition) is 3. The molecule has 19 heavy (non-hydrogen) atoms. The van der Waals surface area contributed by atoms with Gasteiger partial charge in [-0.25, -0.2) is 4.98 Å². The van der Waals surface area contributed by atoms with Gasteiger partial charge < -0.3 is 5.32 Å². The number of amides is 1. The highest BCUT2D eigenvalue weighted by Crippen LogP contribution is 2.22. The second-order valence-corrected chi connectivity index (χ2v) is 5.59. The first-order valence-corrected chi connectivity index (χ1v) is 6.99. The van der Waals surface area contributed by atoms with Crippen LogP contribution in [0.25, 0.3) is 0 Å². The summed E-state index contributed by atoms with van der Waals surface area (Å²) in [7, 11) is 0. The molecule has 1 aromatic heterocycles. The molecule has 98 valence electrons. The van der Waals surface area contributed by atoms with E-state index >= 15 is 0 Å². The Morgan fingerprint density at radius 1 is 1.21 bits per heavy atom. The smallest absolute Gasteiger partial charge is 0.237 e. The molecule has 1 unspecified atom stereocenters. The lowest BCUT2D eigenvalue weighted by atomic mass is 10.2. The standard InChI is InChI=1S/C15H16N2OS/c1-11-7-3-4-8-13(11)17-15(18)12(2)19-14-9-5-6-10-16-14/h3-10,12H,1-2H3,(H,17,18). The van der Waals surface area contributed by atoms with Gasteiger partial charge in [0, 0.05) is 11.9 Å². The molecule has 0 aliphatic rings. The van der Waals surface area contributed by atoms with Crippen molar-refractivity contribution in [2.75, 3.05) is 5.32 Å². The van der Waals surface area contributed by atoms with Gasteiger partial charge in [0.25, 0.3) is 0 Å². The van der Waals surface area contributed by atoms with Crippen molar-refractivity contribution in [2.45, 2.75) is 24.1 Å². The predicted octanol–water partition coefficient (Wildman–Crippen LogP) is 3.51. The van der Waals surface area contributed by atoms with Crippen LogP contribution >= 0.6 is 11.8 Å². The number of hydrogen-bond donors (Lipinski definition) is 1. The molecule has 0 aliphatic heterocycles. The molecule has 0 saturated heterocycles. The van der Waals surface area contributed by atoms with Crippen LogP contribution in [0.4, 0.5) is 5.69 Å². The van der Waals surface area contributed by atoms with Gasteiger partial charge in [-0.15, -0.1) is 0 Å². The highest BCUT2D eigenvalue weighted by molar-refractivity contribution is 8.00. The average Bonchev–Trinajstić information content (AvgIpc) is 2.42. The van der Waals surface area contributed by atoms with Crippen LogP contribution in [0.15, 0.2) is 53.7 Å². The number of carbonyl (C=O) groups excluding carboxylic acids is 1. The molecule has 1 N–H and O–H groups in total. The Balaban J connectivity index is 1.99. The Morgan fingerprint density at radius 2 is 1.95 bits per heavy atom. The molecule has 1 atom stereocenters. The lowest BCUT2D eigenvalue weighted by Crippen LogP contribution is -2.22. The summed E-state index contributed by atoms with van der Waals surface area (Å²) in [6.45, 7) is 3.86. The third-order valence-electron chi connectivity index (χ3n) is 2.71. The minimum Gasteiger partial charge on any atom is -0.325 e. The summed E-state index contributed by atoms with van der Waals surface area (Å²) in [5.74, 6) is -0.00930. The monoisotopic (exact) mass is 272 g/mol. The normalized spacial score (nSPS) is 11.9. The largest absolute Gasteiger partial charge is 0.325 e. The summed E-state index contributed by atoms with van der Waals surface area (Å²) in [6, 6.07) is 13.4. The van der Waals surface area contributed by atoms with Gasteiger partial charge in [0.1, 0.15) is 0 Å². The van der Waals surface area contributed by atoms with Crippen molar-refractivity contribution < 1.29 is 4.79 Å².